The Balaban J connectivity index is 2.06. The van der Waals surface area contributed by atoms with Crippen LogP contribution in [0.3, 0.4) is 0 Å². The van der Waals surface area contributed by atoms with Gasteiger partial charge in [0, 0.05) is 11.9 Å². The number of benzene rings is 1. The lowest BCUT2D eigenvalue weighted by molar-refractivity contribution is 0.221. The van der Waals surface area contributed by atoms with E-state index in [0.717, 1.165) is 10.9 Å². The van der Waals surface area contributed by atoms with Gasteiger partial charge in [-0.25, -0.2) is 9.18 Å². The van der Waals surface area contributed by atoms with Crippen LogP contribution in [0.25, 0.3) is 0 Å². The van der Waals surface area contributed by atoms with Gasteiger partial charge in [0.15, 0.2) is 0 Å². The van der Waals surface area contributed by atoms with Crippen LogP contribution in [0.4, 0.5) is 14.9 Å². The van der Waals surface area contributed by atoms with Crippen LogP contribution >= 0.6 is 22.9 Å². The Kier molecular flexibility index (Phi) is 4.78. The molecule has 7 heteroatoms. The highest BCUT2D eigenvalue weighted by Gasteiger charge is 2.13. The topological polar surface area (TPSA) is 56.1 Å². The number of urea groups is 1. The highest BCUT2D eigenvalue weighted by molar-refractivity contribution is 7.16. The molecule has 108 valence electrons. The molecule has 1 aromatic carbocycles. The third-order valence-electron chi connectivity index (χ3n) is 2.71. The molecular formula is C14H11ClFN3OS. The molecule has 0 unspecified atom stereocenters. The van der Waals surface area contributed by atoms with Crippen molar-refractivity contribution in [2.45, 2.75) is 6.54 Å². The van der Waals surface area contributed by atoms with Gasteiger partial charge in [-0.3, -0.25) is 0 Å². The first-order chi connectivity index (χ1) is 9.99. The number of halogens is 2. The second-order valence-corrected chi connectivity index (χ2v) is 6.09. The number of amides is 2. The third-order valence-corrected chi connectivity index (χ3v) is 3.93. The normalized spacial score (nSPS) is 10.0. The average molecular weight is 324 g/mol. The molecule has 0 bridgehead atoms. The van der Waals surface area contributed by atoms with Crippen LogP contribution in [0.5, 0.6) is 0 Å². The quantitative estimate of drug-likeness (QED) is 0.925. The number of thiophene rings is 1. The molecule has 0 saturated carbocycles. The number of rotatable bonds is 3. The molecule has 0 atom stereocenters. The predicted octanol–water partition coefficient (Wildman–Crippen LogP) is 4.08. The van der Waals surface area contributed by atoms with Crippen LogP contribution in [0.1, 0.15) is 10.4 Å². The standard InChI is InChI=1S/C14H11ClFN3OS/c1-19(8-11-3-5-13(15)21-11)14(20)18-12-4-2-10(16)6-9(12)7-17/h2-6H,8H2,1H3,(H,18,20). The fraction of sp³-hybridized carbons (Fsp3) is 0.143. The van der Waals surface area contributed by atoms with E-state index in [1.54, 1.807) is 13.1 Å². The van der Waals surface area contributed by atoms with Crippen molar-refractivity contribution in [3.63, 3.8) is 0 Å². The fourth-order valence-electron chi connectivity index (χ4n) is 1.67. The van der Waals surface area contributed by atoms with Gasteiger partial charge in [0.05, 0.1) is 22.1 Å². The Hall–Kier alpha value is -2.10. The SMILES string of the molecule is CN(Cc1ccc(Cl)s1)C(=O)Nc1ccc(F)cc1C#N. The molecule has 1 aromatic heterocycles. The molecule has 0 fully saturated rings. The molecule has 0 saturated heterocycles. The van der Waals surface area contributed by atoms with Gasteiger partial charge in [-0.1, -0.05) is 11.6 Å². The molecule has 1 heterocycles. The number of hydrogen-bond acceptors (Lipinski definition) is 3. The Morgan fingerprint density at radius 1 is 1.48 bits per heavy atom. The van der Waals surface area contributed by atoms with Crippen LogP contribution in [0.2, 0.25) is 4.34 Å². The van der Waals surface area contributed by atoms with Gasteiger partial charge >= 0.3 is 6.03 Å². The van der Waals surface area contributed by atoms with Crippen LogP contribution in [-0.4, -0.2) is 18.0 Å². The molecule has 0 aliphatic heterocycles. The van der Waals surface area contributed by atoms with Gasteiger partial charge in [0.1, 0.15) is 11.9 Å². The summed E-state index contributed by atoms with van der Waals surface area (Å²) in [6, 6.07) is 8.70. The van der Waals surface area contributed by atoms with Gasteiger partial charge in [-0.05, 0) is 30.3 Å². The highest BCUT2D eigenvalue weighted by Crippen LogP contribution is 2.23. The summed E-state index contributed by atoms with van der Waals surface area (Å²) in [5.41, 5.74) is 0.357. The summed E-state index contributed by atoms with van der Waals surface area (Å²) in [7, 11) is 1.62. The minimum Gasteiger partial charge on any atom is -0.322 e. The largest absolute Gasteiger partial charge is 0.322 e. The molecular weight excluding hydrogens is 313 g/mol. The molecule has 1 N–H and O–H groups in total. The first-order valence-electron chi connectivity index (χ1n) is 5.95. The average Bonchev–Trinajstić information content (AvgIpc) is 2.85. The molecule has 2 aromatic rings. The van der Waals surface area contributed by atoms with E-state index >= 15 is 0 Å². The Morgan fingerprint density at radius 3 is 2.86 bits per heavy atom. The number of hydrogen-bond donors (Lipinski definition) is 1. The van der Waals surface area contributed by atoms with E-state index < -0.39 is 5.82 Å². The minimum absolute atomic E-state index is 0.0796. The van der Waals surface area contributed by atoms with Gasteiger partial charge in [-0.2, -0.15) is 5.26 Å². The number of nitriles is 1. The third kappa shape index (κ3) is 3.94. The Bertz CT molecular complexity index is 710. The molecule has 0 radical (unpaired) electrons. The van der Waals surface area contributed by atoms with Crippen LogP contribution in [0, 0.1) is 17.1 Å². The van der Waals surface area contributed by atoms with E-state index in [-0.39, 0.29) is 17.3 Å². The second kappa shape index (κ2) is 6.57. The Morgan fingerprint density at radius 2 is 2.24 bits per heavy atom. The zero-order chi connectivity index (χ0) is 15.4. The van der Waals surface area contributed by atoms with Crippen LogP contribution in [0.15, 0.2) is 30.3 Å². The molecule has 0 aliphatic carbocycles. The van der Waals surface area contributed by atoms with Crippen molar-refractivity contribution in [2.24, 2.45) is 0 Å². The maximum absolute atomic E-state index is 13.0. The smallest absolute Gasteiger partial charge is 0.321 e. The summed E-state index contributed by atoms with van der Waals surface area (Å²) in [6.45, 7) is 0.395. The summed E-state index contributed by atoms with van der Waals surface area (Å²) in [5.74, 6) is -0.522. The van der Waals surface area contributed by atoms with Crippen molar-refractivity contribution >= 4 is 34.7 Å². The zero-order valence-corrected chi connectivity index (χ0v) is 12.6. The lowest BCUT2D eigenvalue weighted by atomic mass is 10.2. The number of carbonyl (C=O) groups is 1. The zero-order valence-electron chi connectivity index (χ0n) is 11.1. The first-order valence-corrected chi connectivity index (χ1v) is 7.15. The van der Waals surface area contributed by atoms with Crippen molar-refractivity contribution in [3.8, 4) is 6.07 Å². The maximum Gasteiger partial charge on any atom is 0.321 e. The van der Waals surface area contributed by atoms with E-state index in [2.05, 4.69) is 5.32 Å². The number of nitrogens with one attached hydrogen (secondary N) is 1. The summed E-state index contributed by atoms with van der Waals surface area (Å²) < 4.78 is 13.7. The lowest BCUT2D eigenvalue weighted by Gasteiger charge is -2.17. The molecule has 2 amide bonds. The van der Waals surface area contributed by atoms with Gasteiger partial charge in [0.25, 0.3) is 0 Å². The predicted molar refractivity (Wildman–Crippen MR) is 80.9 cm³/mol. The number of carbonyl (C=O) groups excluding carboxylic acids is 1. The van der Waals surface area contributed by atoms with E-state index in [9.17, 15) is 9.18 Å². The summed E-state index contributed by atoms with van der Waals surface area (Å²) in [6.07, 6.45) is 0. The molecule has 0 aliphatic rings. The van der Waals surface area contributed by atoms with E-state index in [0.29, 0.717) is 10.9 Å². The van der Waals surface area contributed by atoms with Crippen LogP contribution in [-0.2, 0) is 6.54 Å². The Labute approximate surface area is 130 Å². The molecule has 21 heavy (non-hydrogen) atoms. The van der Waals surface area contributed by atoms with Crippen LogP contribution < -0.4 is 5.32 Å². The van der Waals surface area contributed by atoms with E-state index in [4.69, 9.17) is 16.9 Å². The van der Waals surface area contributed by atoms with Crippen molar-refractivity contribution in [2.75, 3.05) is 12.4 Å². The molecule has 0 spiro atoms. The van der Waals surface area contributed by atoms with Gasteiger partial charge in [0.2, 0.25) is 0 Å². The fourth-order valence-corrected chi connectivity index (χ4v) is 2.81. The number of nitrogens with zero attached hydrogens (tertiary/aromatic N) is 2. The minimum atomic E-state index is -0.522. The van der Waals surface area contributed by atoms with Crippen molar-refractivity contribution in [1.82, 2.24) is 4.90 Å². The van der Waals surface area contributed by atoms with E-state index in [1.807, 2.05) is 12.1 Å². The highest BCUT2D eigenvalue weighted by atomic mass is 35.5. The number of anilines is 1. The van der Waals surface area contributed by atoms with Gasteiger partial charge < -0.3 is 10.2 Å². The summed E-state index contributed by atoms with van der Waals surface area (Å²) >= 11 is 7.23. The maximum atomic E-state index is 13.0. The summed E-state index contributed by atoms with van der Waals surface area (Å²) in [5, 5.41) is 11.5. The van der Waals surface area contributed by atoms with Crippen molar-refractivity contribution in [1.29, 1.82) is 5.26 Å². The summed E-state index contributed by atoms with van der Waals surface area (Å²) in [4.78, 5) is 14.5. The van der Waals surface area contributed by atoms with Crippen molar-refractivity contribution < 1.29 is 9.18 Å². The van der Waals surface area contributed by atoms with Gasteiger partial charge in [-0.15, -0.1) is 11.3 Å². The van der Waals surface area contributed by atoms with E-state index in [1.165, 1.54) is 28.4 Å². The monoisotopic (exact) mass is 323 g/mol. The molecule has 4 nitrogen and oxygen atoms in total. The first kappa shape index (κ1) is 15.3. The molecule has 2 rings (SSSR count). The second-order valence-electron chi connectivity index (χ2n) is 4.29. The van der Waals surface area contributed by atoms with Crippen molar-refractivity contribution in [3.05, 3.63) is 50.9 Å². The lowest BCUT2D eigenvalue weighted by Crippen LogP contribution is -2.30.